The molecule has 1 fully saturated rings. The molecule has 90 valence electrons. The lowest BCUT2D eigenvalue weighted by Crippen LogP contribution is -2.44. The van der Waals surface area contributed by atoms with E-state index < -0.39 is 0 Å². The highest BCUT2D eigenvalue weighted by Crippen LogP contribution is 2.32. The minimum absolute atomic E-state index is 0.433. The number of rotatable bonds is 3. The van der Waals surface area contributed by atoms with E-state index in [0.717, 1.165) is 12.5 Å². The molecule has 3 atom stereocenters. The van der Waals surface area contributed by atoms with E-state index in [9.17, 15) is 0 Å². The topological polar surface area (TPSA) is 29.3 Å². The molecule has 0 spiro atoms. The molecule has 0 aliphatic carbocycles. The normalized spacial score (nSPS) is 29.2. The Balaban J connectivity index is 2.10. The van der Waals surface area contributed by atoms with Crippen LogP contribution in [0.4, 0.5) is 0 Å². The first-order valence-electron chi connectivity index (χ1n) is 6.21. The second-order valence-electron chi connectivity index (χ2n) is 4.98. The molecule has 2 heterocycles. The first-order chi connectivity index (χ1) is 7.72. The lowest BCUT2D eigenvalue weighted by molar-refractivity contribution is 0.0863. The van der Waals surface area contributed by atoms with E-state index in [2.05, 4.69) is 36.3 Å². The van der Waals surface area contributed by atoms with Crippen LogP contribution in [0.5, 0.6) is 0 Å². The standard InChI is InChI=1S/C13H22N2S/c1-10-5-6-15(11(2)8-10)12(9-14)13-4-3-7-16-13/h3-4,7,10-12H,5-6,8-9,14H2,1-2H3. The fourth-order valence-electron chi connectivity index (χ4n) is 2.78. The van der Waals surface area contributed by atoms with Gasteiger partial charge in [-0.25, -0.2) is 0 Å². The highest BCUT2D eigenvalue weighted by molar-refractivity contribution is 7.10. The molecule has 1 saturated heterocycles. The third kappa shape index (κ3) is 2.47. The van der Waals surface area contributed by atoms with Gasteiger partial charge in [0.2, 0.25) is 0 Å². The maximum atomic E-state index is 5.96. The van der Waals surface area contributed by atoms with Crippen LogP contribution >= 0.6 is 11.3 Å². The molecule has 3 unspecified atom stereocenters. The number of nitrogens with two attached hydrogens (primary N) is 1. The number of hydrogen-bond acceptors (Lipinski definition) is 3. The van der Waals surface area contributed by atoms with Crippen molar-refractivity contribution in [2.45, 2.75) is 38.8 Å². The van der Waals surface area contributed by atoms with Crippen LogP contribution in [-0.2, 0) is 0 Å². The first-order valence-corrected chi connectivity index (χ1v) is 7.09. The number of likely N-dealkylation sites (tertiary alicyclic amines) is 1. The lowest BCUT2D eigenvalue weighted by atomic mass is 9.92. The van der Waals surface area contributed by atoms with Crippen LogP contribution in [0.15, 0.2) is 17.5 Å². The van der Waals surface area contributed by atoms with E-state index in [-0.39, 0.29) is 0 Å². The Morgan fingerprint density at radius 3 is 2.94 bits per heavy atom. The fraction of sp³-hybridized carbons (Fsp3) is 0.692. The molecule has 2 N–H and O–H groups in total. The molecule has 2 rings (SSSR count). The van der Waals surface area contributed by atoms with E-state index in [1.54, 1.807) is 0 Å². The van der Waals surface area contributed by atoms with Crippen LogP contribution in [0.3, 0.4) is 0 Å². The molecular formula is C13H22N2S. The summed E-state index contributed by atoms with van der Waals surface area (Å²) in [6, 6.07) is 5.44. The van der Waals surface area contributed by atoms with Crippen molar-refractivity contribution < 1.29 is 0 Å². The van der Waals surface area contributed by atoms with Gasteiger partial charge in [-0.2, -0.15) is 0 Å². The quantitative estimate of drug-likeness (QED) is 0.877. The molecular weight excluding hydrogens is 216 g/mol. The SMILES string of the molecule is CC1CCN(C(CN)c2cccs2)C(C)C1. The molecule has 1 aromatic rings. The number of piperidine rings is 1. The van der Waals surface area contributed by atoms with E-state index in [1.165, 1.54) is 24.3 Å². The van der Waals surface area contributed by atoms with Crippen LogP contribution in [0.25, 0.3) is 0 Å². The molecule has 16 heavy (non-hydrogen) atoms. The number of thiophene rings is 1. The largest absolute Gasteiger partial charge is 0.329 e. The Labute approximate surface area is 102 Å². The van der Waals surface area contributed by atoms with Gasteiger partial charge in [0.25, 0.3) is 0 Å². The Kier molecular flexibility index (Phi) is 4.00. The van der Waals surface area contributed by atoms with E-state index in [1.807, 2.05) is 11.3 Å². The average molecular weight is 238 g/mol. The maximum Gasteiger partial charge on any atom is 0.0566 e. The molecule has 3 heteroatoms. The van der Waals surface area contributed by atoms with Crippen molar-refractivity contribution in [1.82, 2.24) is 4.90 Å². The van der Waals surface area contributed by atoms with Crippen molar-refractivity contribution in [3.05, 3.63) is 22.4 Å². The van der Waals surface area contributed by atoms with Crippen LogP contribution in [0, 0.1) is 5.92 Å². The summed E-state index contributed by atoms with van der Waals surface area (Å²) < 4.78 is 0. The van der Waals surface area contributed by atoms with Crippen LogP contribution < -0.4 is 5.73 Å². The summed E-state index contributed by atoms with van der Waals surface area (Å²) in [5.74, 6) is 0.869. The van der Waals surface area contributed by atoms with Crippen molar-refractivity contribution in [2.75, 3.05) is 13.1 Å². The van der Waals surface area contributed by atoms with Crippen molar-refractivity contribution in [3.8, 4) is 0 Å². The third-order valence-corrected chi connectivity index (χ3v) is 4.66. The maximum absolute atomic E-state index is 5.96. The predicted octanol–water partition coefficient (Wildman–Crippen LogP) is 2.87. The van der Waals surface area contributed by atoms with Gasteiger partial charge in [-0.1, -0.05) is 13.0 Å². The van der Waals surface area contributed by atoms with Crippen molar-refractivity contribution in [2.24, 2.45) is 11.7 Å². The average Bonchev–Trinajstić information content (AvgIpc) is 2.75. The summed E-state index contributed by atoms with van der Waals surface area (Å²) in [4.78, 5) is 4.01. The summed E-state index contributed by atoms with van der Waals surface area (Å²) in [7, 11) is 0. The molecule has 1 aliphatic heterocycles. The highest BCUT2D eigenvalue weighted by Gasteiger charge is 2.29. The smallest absolute Gasteiger partial charge is 0.0566 e. The minimum atomic E-state index is 0.433. The van der Waals surface area contributed by atoms with Gasteiger partial charge in [0.05, 0.1) is 6.04 Å². The van der Waals surface area contributed by atoms with Gasteiger partial charge in [-0.3, -0.25) is 4.90 Å². The summed E-state index contributed by atoms with van der Waals surface area (Å²) in [5, 5.41) is 2.15. The molecule has 2 nitrogen and oxygen atoms in total. The van der Waals surface area contributed by atoms with Gasteiger partial charge in [-0.15, -0.1) is 11.3 Å². The Morgan fingerprint density at radius 2 is 2.38 bits per heavy atom. The highest BCUT2D eigenvalue weighted by atomic mass is 32.1. The van der Waals surface area contributed by atoms with E-state index >= 15 is 0 Å². The van der Waals surface area contributed by atoms with Gasteiger partial charge < -0.3 is 5.73 Å². The molecule has 1 aromatic heterocycles. The fourth-order valence-corrected chi connectivity index (χ4v) is 3.64. The van der Waals surface area contributed by atoms with Crippen LogP contribution in [0.2, 0.25) is 0 Å². The molecule has 0 saturated carbocycles. The summed E-state index contributed by atoms with van der Waals surface area (Å²) >= 11 is 1.83. The van der Waals surface area contributed by atoms with Crippen molar-refractivity contribution in [1.29, 1.82) is 0 Å². The summed E-state index contributed by atoms with van der Waals surface area (Å²) in [6.07, 6.45) is 2.62. The predicted molar refractivity (Wildman–Crippen MR) is 70.7 cm³/mol. The Hall–Kier alpha value is -0.380. The zero-order chi connectivity index (χ0) is 11.5. The Bertz CT molecular complexity index is 310. The van der Waals surface area contributed by atoms with Gasteiger partial charge in [-0.05, 0) is 43.7 Å². The third-order valence-electron chi connectivity index (χ3n) is 3.68. The van der Waals surface area contributed by atoms with Gasteiger partial charge >= 0.3 is 0 Å². The zero-order valence-electron chi connectivity index (χ0n) is 10.2. The molecule has 0 bridgehead atoms. The van der Waals surface area contributed by atoms with Gasteiger partial charge in [0, 0.05) is 17.5 Å². The summed E-state index contributed by atoms with van der Waals surface area (Å²) in [5.41, 5.74) is 5.96. The van der Waals surface area contributed by atoms with Crippen LogP contribution in [-0.4, -0.2) is 24.0 Å². The van der Waals surface area contributed by atoms with Crippen molar-refractivity contribution >= 4 is 11.3 Å². The van der Waals surface area contributed by atoms with Gasteiger partial charge in [0.15, 0.2) is 0 Å². The molecule has 0 amide bonds. The first kappa shape index (κ1) is 12.1. The number of nitrogens with zero attached hydrogens (tertiary/aromatic N) is 1. The minimum Gasteiger partial charge on any atom is -0.329 e. The summed E-state index contributed by atoms with van der Waals surface area (Å²) in [6.45, 7) is 6.63. The van der Waals surface area contributed by atoms with Crippen LogP contribution in [0.1, 0.15) is 37.6 Å². The van der Waals surface area contributed by atoms with Gasteiger partial charge in [0.1, 0.15) is 0 Å². The lowest BCUT2D eigenvalue weighted by Gasteiger charge is -2.41. The molecule has 0 radical (unpaired) electrons. The second kappa shape index (κ2) is 5.30. The Morgan fingerprint density at radius 1 is 1.56 bits per heavy atom. The number of hydrogen-bond donors (Lipinski definition) is 1. The second-order valence-corrected chi connectivity index (χ2v) is 5.96. The van der Waals surface area contributed by atoms with E-state index in [4.69, 9.17) is 5.73 Å². The monoisotopic (exact) mass is 238 g/mol. The molecule has 1 aliphatic rings. The molecule has 0 aromatic carbocycles. The van der Waals surface area contributed by atoms with E-state index in [0.29, 0.717) is 12.1 Å². The zero-order valence-corrected chi connectivity index (χ0v) is 11.0. The van der Waals surface area contributed by atoms with Crippen molar-refractivity contribution in [3.63, 3.8) is 0 Å².